The van der Waals surface area contributed by atoms with E-state index >= 15 is 0 Å². The number of nitrogens with one attached hydrogen (secondary N) is 1. The van der Waals surface area contributed by atoms with Gasteiger partial charge in [-0.2, -0.15) is 5.10 Å². The first kappa shape index (κ1) is 13.6. The lowest BCUT2D eigenvalue weighted by atomic mass is 10.0. The number of hydrogen-bond donors (Lipinski definition) is 2. The molecule has 2 atom stereocenters. The minimum atomic E-state index is -0.418. The Morgan fingerprint density at radius 1 is 1.47 bits per heavy atom. The highest BCUT2D eigenvalue weighted by molar-refractivity contribution is 5.80. The van der Waals surface area contributed by atoms with E-state index in [9.17, 15) is 9.90 Å². The van der Waals surface area contributed by atoms with Crippen molar-refractivity contribution >= 4 is 5.91 Å². The molecular weight excluding hydrogens is 220 g/mol. The molecule has 1 heterocycles. The summed E-state index contributed by atoms with van der Waals surface area (Å²) in [4.78, 5) is 15.7. The van der Waals surface area contributed by atoms with Gasteiger partial charge < -0.3 is 10.4 Å². The van der Waals surface area contributed by atoms with Gasteiger partial charge in [0.15, 0.2) is 0 Å². The first-order valence-electron chi connectivity index (χ1n) is 5.80. The van der Waals surface area contributed by atoms with Gasteiger partial charge in [-0.05, 0) is 19.3 Å². The highest BCUT2D eigenvalue weighted by Crippen LogP contribution is 2.07. The van der Waals surface area contributed by atoms with Gasteiger partial charge in [-0.1, -0.05) is 13.8 Å². The number of carbonyl (C=O) groups excluding carboxylic acids is 1. The maximum atomic E-state index is 11.9. The molecule has 0 aliphatic rings. The minimum absolute atomic E-state index is 0.0476. The summed E-state index contributed by atoms with van der Waals surface area (Å²) in [6.07, 6.45) is 3.65. The monoisotopic (exact) mass is 240 g/mol. The molecule has 6 heteroatoms. The zero-order valence-electron chi connectivity index (χ0n) is 10.5. The summed E-state index contributed by atoms with van der Waals surface area (Å²) in [7, 11) is 0. The molecule has 1 rings (SSSR count). The van der Waals surface area contributed by atoms with Gasteiger partial charge in [0.1, 0.15) is 18.7 Å². The largest absolute Gasteiger partial charge is 0.394 e. The van der Waals surface area contributed by atoms with E-state index in [1.807, 2.05) is 0 Å². The van der Waals surface area contributed by atoms with Gasteiger partial charge >= 0.3 is 0 Å². The van der Waals surface area contributed by atoms with Crippen LogP contribution in [0.5, 0.6) is 0 Å². The van der Waals surface area contributed by atoms with Gasteiger partial charge in [0.25, 0.3) is 0 Å². The molecule has 17 heavy (non-hydrogen) atoms. The van der Waals surface area contributed by atoms with E-state index in [2.05, 4.69) is 29.2 Å². The fourth-order valence-electron chi connectivity index (χ4n) is 1.61. The van der Waals surface area contributed by atoms with Crippen LogP contribution in [-0.4, -0.2) is 38.4 Å². The molecule has 2 N–H and O–H groups in total. The molecule has 0 fully saturated rings. The topological polar surface area (TPSA) is 80.0 Å². The van der Waals surface area contributed by atoms with Gasteiger partial charge in [-0.15, -0.1) is 0 Å². The molecule has 1 aromatic heterocycles. The smallest absolute Gasteiger partial charge is 0.244 e. The third-order valence-corrected chi connectivity index (χ3v) is 2.54. The van der Waals surface area contributed by atoms with Crippen molar-refractivity contribution in [2.75, 3.05) is 6.61 Å². The fraction of sp³-hybridized carbons (Fsp3) is 0.727. The lowest BCUT2D eigenvalue weighted by molar-refractivity contribution is -0.125. The predicted octanol–water partition coefficient (Wildman–Crippen LogP) is 0.362. The van der Waals surface area contributed by atoms with Gasteiger partial charge in [0.2, 0.25) is 5.91 Å². The van der Waals surface area contributed by atoms with E-state index in [0.29, 0.717) is 5.92 Å². The molecule has 0 bridgehead atoms. The molecule has 1 amide bonds. The first-order chi connectivity index (χ1) is 8.04. The summed E-state index contributed by atoms with van der Waals surface area (Å²) in [6, 6.07) is -0.618. The highest BCUT2D eigenvalue weighted by Gasteiger charge is 2.19. The van der Waals surface area contributed by atoms with Crippen molar-refractivity contribution in [3.05, 3.63) is 12.7 Å². The Morgan fingerprint density at radius 3 is 2.65 bits per heavy atom. The van der Waals surface area contributed by atoms with Gasteiger partial charge in [-0.3, -0.25) is 4.79 Å². The number of hydrogen-bond acceptors (Lipinski definition) is 4. The molecule has 0 aliphatic heterocycles. The normalized spacial score (nSPS) is 14.6. The van der Waals surface area contributed by atoms with E-state index in [4.69, 9.17) is 0 Å². The molecule has 0 spiro atoms. The lowest BCUT2D eigenvalue weighted by Crippen LogP contribution is -2.41. The zero-order chi connectivity index (χ0) is 12.8. The summed E-state index contributed by atoms with van der Waals surface area (Å²) >= 11 is 0. The van der Waals surface area contributed by atoms with Crippen LogP contribution in [0, 0.1) is 5.92 Å². The summed E-state index contributed by atoms with van der Waals surface area (Å²) in [5.74, 6) is 0.268. The average Bonchev–Trinajstić information content (AvgIpc) is 2.79. The molecule has 0 saturated carbocycles. The number of amides is 1. The minimum Gasteiger partial charge on any atom is -0.394 e. The van der Waals surface area contributed by atoms with Crippen molar-refractivity contribution in [2.24, 2.45) is 5.92 Å². The van der Waals surface area contributed by atoms with Crippen molar-refractivity contribution in [1.82, 2.24) is 20.1 Å². The molecule has 2 unspecified atom stereocenters. The lowest BCUT2D eigenvalue weighted by Gasteiger charge is -2.20. The maximum Gasteiger partial charge on any atom is 0.244 e. The summed E-state index contributed by atoms with van der Waals surface area (Å²) in [6.45, 7) is 5.80. The Morgan fingerprint density at radius 2 is 2.18 bits per heavy atom. The summed E-state index contributed by atoms with van der Waals surface area (Å²) < 4.78 is 1.49. The van der Waals surface area contributed by atoms with E-state index in [-0.39, 0.29) is 18.6 Å². The van der Waals surface area contributed by atoms with Gasteiger partial charge in [-0.25, -0.2) is 9.67 Å². The number of aromatic nitrogens is 3. The molecule has 0 radical (unpaired) electrons. The second-order valence-corrected chi connectivity index (χ2v) is 4.57. The van der Waals surface area contributed by atoms with Crippen LogP contribution in [0.4, 0.5) is 0 Å². The molecule has 6 nitrogen and oxygen atoms in total. The molecule has 1 aromatic rings. The number of aliphatic hydroxyl groups excluding tert-OH is 1. The standard InChI is InChI=1S/C11H20N4O2/c1-8(2)4-10(5-16)14-11(17)9(3)15-7-12-6-13-15/h6-10,16H,4-5H2,1-3H3,(H,14,17). The molecule has 0 aromatic carbocycles. The first-order valence-corrected chi connectivity index (χ1v) is 5.80. The van der Waals surface area contributed by atoms with E-state index < -0.39 is 6.04 Å². The highest BCUT2D eigenvalue weighted by atomic mass is 16.3. The number of carbonyl (C=O) groups is 1. The second kappa shape index (κ2) is 6.34. The molecular formula is C11H20N4O2. The maximum absolute atomic E-state index is 11.9. The summed E-state index contributed by atoms with van der Waals surface area (Å²) in [5, 5.41) is 15.9. The fourth-order valence-corrected chi connectivity index (χ4v) is 1.61. The van der Waals surface area contributed by atoms with Crippen LogP contribution < -0.4 is 5.32 Å². The predicted molar refractivity (Wildman–Crippen MR) is 63.2 cm³/mol. The van der Waals surface area contributed by atoms with Crippen molar-refractivity contribution in [1.29, 1.82) is 0 Å². The Hall–Kier alpha value is -1.43. The quantitative estimate of drug-likeness (QED) is 0.752. The summed E-state index contributed by atoms with van der Waals surface area (Å²) in [5.41, 5.74) is 0. The molecule has 0 saturated heterocycles. The van der Waals surface area contributed by atoms with Crippen LogP contribution >= 0.6 is 0 Å². The van der Waals surface area contributed by atoms with E-state index in [0.717, 1.165) is 6.42 Å². The average molecular weight is 240 g/mol. The van der Waals surface area contributed by atoms with E-state index in [1.54, 1.807) is 6.92 Å². The number of nitrogens with zero attached hydrogens (tertiary/aromatic N) is 3. The number of rotatable bonds is 6. The Balaban J connectivity index is 2.52. The zero-order valence-corrected chi connectivity index (χ0v) is 10.5. The Bertz CT molecular complexity index is 337. The molecule has 0 aliphatic carbocycles. The third kappa shape index (κ3) is 4.14. The molecule has 96 valence electrons. The number of aliphatic hydroxyl groups is 1. The van der Waals surface area contributed by atoms with E-state index in [1.165, 1.54) is 17.3 Å². The van der Waals surface area contributed by atoms with Crippen LogP contribution in [0.1, 0.15) is 33.2 Å². The van der Waals surface area contributed by atoms with Crippen LogP contribution in [0.15, 0.2) is 12.7 Å². The van der Waals surface area contributed by atoms with Crippen molar-refractivity contribution in [3.8, 4) is 0 Å². The van der Waals surface area contributed by atoms with Crippen LogP contribution in [0.3, 0.4) is 0 Å². The van der Waals surface area contributed by atoms with Gasteiger partial charge in [0, 0.05) is 0 Å². The van der Waals surface area contributed by atoms with Crippen molar-refractivity contribution in [3.63, 3.8) is 0 Å². The van der Waals surface area contributed by atoms with Crippen molar-refractivity contribution in [2.45, 2.75) is 39.3 Å². The van der Waals surface area contributed by atoms with Crippen LogP contribution in [-0.2, 0) is 4.79 Å². The van der Waals surface area contributed by atoms with Gasteiger partial charge in [0.05, 0.1) is 12.6 Å². The Labute approximate surface area is 101 Å². The second-order valence-electron chi connectivity index (χ2n) is 4.57. The van der Waals surface area contributed by atoms with Crippen LogP contribution in [0.25, 0.3) is 0 Å². The Kier molecular flexibility index (Phi) is 5.09. The SMILES string of the molecule is CC(C)CC(CO)NC(=O)C(C)n1cncn1. The third-order valence-electron chi connectivity index (χ3n) is 2.54. The van der Waals surface area contributed by atoms with Crippen molar-refractivity contribution < 1.29 is 9.90 Å². The van der Waals surface area contributed by atoms with Crippen LogP contribution in [0.2, 0.25) is 0 Å².